The molecule has 11 heteroatoms. The van der Waals surface area contributed by atoms with Crippen molar-refractivity contribution in [2.45, 2.75) is 102 Å². The van der Waals surface area contributed by atoms with Gasteiger partial charge >= 0.3 is 12.1 Å². The van der Waals surface area contributed by atoms with E-state index in [-0.39, 0.29) is 37.3 Å². The van der Waals surface area contributed by atoms with Crippen LogP contribution in [0.15, 0.2) is 65.1 Å². The maximum Gasteiger partial charge on any atom is 0.410 e. The summed E-state index contributed by atoms with van der Waals surface area (Å²) in [5.74, 6) is 2.18. The third kappa shape index (κ3) is 12.0. The first-order valence-electron chi connectivity index (χ1n) is 17.4. The van der Waals surface area contributed by atoms with E-state index < -0.39 is 17.6 Å². The molecule has 1 saturated heterocycles. The molecular weight excluding hydrogens is 642 g/mol. The second kappa shape index (κ2) is 18.9. The Balaban J connectivity index is 1.22. The fourth-order valence-corrected chi connectivity index (χ4v) is 7.25. The minimum Gasteiger partial charge on any atom is -0.459 e. The first-order chi connectivity index (χ1) is 23.6. The van der Waals surface area contributed by atoms with Gasteiger partial charge in [0.2, 0.25) is 5.91 Å². The maximum atomic E-state index is 13.9. The number of unbranched alkanes of at least 4 members (excludes halogenated alkanes) is 2. The van der Waals surface area contributed by atoms with E-state index in [2.05, 4.69) is 11.3 Å². The van der Waals surface area contributed by atoms with Crippen molar-refractivity contribution < 1.29 is 33.4 Å². The highest BCUT2D eigenvalue weighted by Gasteiger charge is 2.34. The number of thioether (sulfide) groups is 1. The summed E-state index contributed by atoms with van der Waals surface area (Å²) < 4.78 is 17.0. The van der Waals surface area contributed by atoms with Gasteiger partial charge in [-0.25, -0.2) is 9.59 Å². The number of allylic oxidation sites excluding steroid dienone is 1. The molecule has 10 nitrogen and oxygen atoms in total. The van der Waals surface area contributed by atoms with E-state index in [0.717, 1.165) is 48.1 Å². The number of likely N-dealkylation sites (tertiary alicyclic amines) is 1. The highest BCUT2D eigenvalue weighted by Crippen LogP contribution is 2.34. The van der Waals surface area contributed by atoms with Crippen LogP contribution in [0.25, 0.3) is 0 Å². The Labute approximate surface area is 294 Å². The predicted molar refractivity (Wildman–Crippen MR) is 191 cm³/mol. The fourth-order valence-electron chi connectivity index (χ4n) is 6.16. The zero-order valence-electron chi connectivity index (χ0n) is 29.3. The van der Waals surface area contributed by atoms with E-state index in [9.17, 15) is 19.2 Å². The normalized spacial score (nSPS) is 17.5. The molecule has 0 spiro atoms. The summed E-state index contributed by atoms with van der Waals surface area (Å²) in [6.07, 6.45) is 4.76. The number of para-hydroxylation sites is 1. The van der Waals surface area contributed by atoms with Crippen LogP contribution in [0.3, 0.4) is 0 Å². The van der Waals surface area contributed by atoms with Gasteiger partial charge in [-0.15, -0.1) is 11.8 Å². The van der Waals surface area contributed by atoms with Crippen LogP contribution in [0.1, 0.15) is 78.2 Å². The van der Waals surface area contributed by atoms with Crippen molar-refractivity contribution in [3.8, 4) is 0 Å². The Morgan fingerprint density at radius 3 is 2.43 bits per heavy atom. The summed E-state index contributed by atoms with van der Waals surface area (Å²) in [6, 6.07) is 16.7. The molecular formula is C38H51N3O7S. The molecule has 0 aliphatic carbocycles. The average molecular weight is 694 g/mol. The molecule has 0 saturated carbocycles. The van der Waals surface area contributed by atoms with Crippen LogP contribution in [-0.4, -0.2) is 78.7 Å². The first-order valence-corrected chi connectivity index (χ1v) is 18.4. The minimum absolute atomic E-state index is 0.125. The van der Waals surface area contributed by atoms with Gasteiger partial charge in [-0.1, -0.05) is 48.9 Å². The van der Waals surface area contributed by atoms with Gasteiger partial charge in [0.25, 0.3) is 0 Å². The number of esters is 1. The number of piperidine rings is 1. The van der Waals surface area contributed by atoms with E-state index in [4.69, 9.17) is 14.2 Å². The maximum absolute atomic E-state index is 13.9. The number of carbonyl (C=O) groups is 3. The quantitative estimate of drug-likeness (QED) is 0.0961. The van der Waals surface area contributed by atoms with Crippen LogP contribution in [-0.2, 0) is 35.2 Å². The van der Waals surface area contributed by atoms with E-state index >= 15 is 0 Å². The van der Waals surface area contributed by atoms with Gasteiger partial charge in [0, 0.05) is 35.9 Å². The molecule has 49 heavy (non-hydrogen) atoms. The molecule has 2 aliphatic rings. The summed E-state index contributed by atoms with van der Waals surface area (Å²) >= 11 is 1.58. The first kappa shape index (κ1) is 38.2. The predicted octanol–water partition coefficient (Wildman–Crippen LogP) is 6.55. The molecule has 2 aromatic rings. The summed E-state index contributed by atoms with van der Waals surface area (Å²) in [6.45, 7) is 9.04. The number of hydrogen-bond acceptors (Lipinski definition) is 9. The monoisotopic (exact) mass is 693 g/mol. The Morgan fingerprint density at radius 2 is 1.73 bits per heavy atom. The highest BCUT2D eigenvalue weighted by atomic mass is 32.2. The van der Waals surface area contributed by atoms with Crippen LogP contribution in [0, 0.1) is 5.92 Å². The van der Waals surface area contributed by atoms with E-state index in [1.807, 2.05) is 82.3 Å². The van der Waals surface area contributed by atoms with Crippen molar-refractivity contribution in [1.82, 2.24) is 10.2 Å². The molecule has 4 rings (SSSR count). The van der Waals surface area contributed by atoms with E-state index in [1.54, 1.807) is 16.7 Å². The van der Waals surface area contributed by atoms with Gasteiger partial charge in [-0.3, -0.25) is 19.8 Å². The van der Waals surface area contributed by atoms with Gasteiger partial charge in [0.05, 0.1) is 11.7 Å². The molecule has 2 amide bonds. The lowest BCUT2D eigenvalue weighted by Crippen LogP contribution is -2.52. The second-order valence-corrected chi connectivity index (χ2v) is 14.5. The Bertz CT molecular complexity index is 1430. The number of benzene rings is 2. The van der Waals surface area contributed by atoms with Crippen LogP contribution < -0.4 is 10.2 Å². The number of fused-ring (bicyclic) bond motifs is 1. The van der Waals surface area contributed by atoms with Crippen molar-refractivity contribution in [3.05, 3.63) is 65.7 Å². The molecule has 266 valence electrons. The van der Waals surface area contributed by atoms with Gasteiger partial charge < -0.3 is 19.1 Å². The lowest BCUT2D eigenvalue weighted by Gasteiger charge is -2.31. The van der Waals surface area contributed by atoms with Crippen LogP contribution in [0.2, 0.25) is 0 Å². The lowest BCUT2D eigenvalue weighted by molar-refractivity contribution is -0.153. The number of nitrogens with one attached hydrogen (secondary N) is 1. The zero-order chi connectivity index (χ0) is 35.2. The van der Waals surface area contributed by atoms with Crippen molar-refractivity contribution in [2.75, 3.05) is 36.9 Å². The molecule has 0 bridgehead atoms. The molecule has 2 aliphatic heterocycles. The summed E-state index contributed by atoms with van der Waals surface area (Å²) in [7, 11) is 0. The molecule has 2 aromatic carbocycles. The molecule has 1 fully saturated rings. The largest absolute Gasteiger partial charge is 0.459 e. The smallest absolute Gasteiger partial charge is 0.410 e. The number of rotatable bonds is 15. The van der Waals surface area contributed by atoms with Crippen molar-refractivity contribution in [1.29, 1.82) is 0 Å². The van der Waals surface area contributed by atoms with Gasteiger partial charge in [0.1, 0.15) is 30.9 Å². The summed E-state index contributed by atoms with van der Waals surface area (Å²) in [5, 5.41) is 3.43. The third-order valence-corrected chi connectivity index (χ3v) is 9.74. The number of amides is 2. The number of hydrogen-bond donors (Lipinski definition) is 1. The molecule has 0 radical (unpaired) electrons. The van der Waals surface area contributed by atoms with Crippen LogP contribution in [0.5, 0.6) is 0 Å². The minimum atomic E-state index is -0.656. The van der Waals surface area contributed by atoms with Gasteiger partial charge in [-0.2, -0.15) is 0 Å². The molecule has 2 atom stereocenters. The second-order valence-electron chi connectivity index (χ2n) is 13.5. The Hall–Kier alpha value is -3.63. The third-order valence-electron chi connectivity index (χ3n) is 8.58. The van der Waals surface area contributed by atoms with Crippen molar-refractivity contribution in [2.24, 2.45) is 5.92 Å². The van der Waals surface area contributed by atoms with Gasteiger partial charge in [0.15, 0.2) is 0 Å². The Morgan fingerprint density at radius 1 is 1.02 bits per heavy atom. The number of nitrogens with zero attached hydrogens (tertiary/aromatic N) is 2. The molecule has 1 N–H and O–H groups in total. The average Bonchev–Trinajstić information content (AvgIpc) is 3.21. The van der Waals surface area contributed by atoms with Crippen molar-refractivity contribution in [3.63, 3.8) is 0 Å². The fraction of sp³-hybridized carbons (Fsp3) is 0.553. The SMILES string of the molecule is CCO[C@@H](CCCCCC(=C=O)C1CCN(C(=O)OCc2ccccc2)CC1)N[C@H]1CSc2ccccc2N(CC(=O)OC(C)(C)C)C1=O. The summed E-state index contributed by atoms with van der Waals surface area (Å²) in [5.41, 5.74) is 1.79. The lowest BCUT2D eigenvalue weighted by atomic mass is 9.87. The molecule has 2 heterocycles. The molecule has 0 aromatic heterocycles. The standard InChI is InChI=1S/C38H51N3O7S/c1-5-46-34(39-31-27-49-33-18-13-12-17-32(33)41(36(31)44)24-35(43)48-38(2,3)4)19-11-7-10-16-30(25-42)29-20-22-40(23-21-29)37(45)47-26-28-14-8-6-9-15-28/h6,8-9,12-15,17-18,29,31,34,39H,5,7,10-11,16,19-24,26-27H2,1-4H3/t31-,34-/m0/s1. The van der Waals surface area contributed by atoms with Crippen LogP contribution in [0.4, 0.5) is 10.5 Å². The van der Waals surface area contributed by atoms with Gasteiger partial charge in [-0.05, 0) is 89.8 Å². The zero-order valence-corrected chi connectivity index (χ0v) is 30.1. The van der Waals surface area contributed by atoms with Crippen molar-refractivity contribution >= 4 is 41.4 Å². The number of anilines is 1. The molecule has 0 unspecified atom stereocenters. The highest BCUT2D eigenvalue weighted by molar-refractivity contribution is 7.99. The summed E-state index contributed by atoms with van der Waals surface area (Å²) in [4.78, 5) is 55.3. The van der Waals surface area contributed by atoms with E-state index in [0.29, 0.717) is 44.0 Å². The Kier molecular flexibility index (Phi) is 14.8. The van der Waals surface area contributed by atoms with Crippen LogP contribution >= 0.6 is 11.8 Å². The number of ether oxygens (including phenoxy) is 3. The number of carbonyl (C=O) groups excluding carboxylic acids is 4. The van der Waals surface area contributed by atoms with E-state index in [1.165, 1.54) is 4.90 Å². The topological polar surface area (TPSA) is 114 Å².